The average molecular weight is 385 g/mol. The molecular weight excluding hydrogens is 371 g/mol. The first-order valence-corrected chi connectivity index (χ1v) is 9.36. The van der Waals surface area contributed by atoms with Crippen LogP contribution in [0.15, 0.2) is 47.8 Å². The van der Waals surface area contributed by atoms with Crippen molar-refractivity contribution < 1.29 is 0 Å². The highest BCUT2D eigenvalue weighted by molar-refractivity contribution is 7.11. The number of nitriles is 1. The van der Waals surface area contributed by atoms with Crippen molar-refractivity contribution in [3.63, 3.8) is 0 Å². The molecule has 124 valence electrons. The molecule has 3 aromatic rings. The van der Waals surface area contributed by atoms with E-state index in [-0.39, 0.29) is 0 Å². The van der Waals surface area contributed by atoms with Crippen molar-refractivity contribution in [1.29, 1.82) is 5.26 Å². The first-order chi connectivity index (χ1) is 12.1. The quantitative estimate of drug-likeness (QED) is 0.466. The molecule has 5 heteroatoms. The molecule has 0 amide bonds. The first kappa shape index (κ1) is 17.7. The van der Waals surface area contributed by atoms with Gasteiger partial charge in [0, 0.05) is 16.0 Å². The van der Waals surface area contributed by atoms with Crippen LogP contribution in [0, 0.1) is 11.3 Å². The summed E-state index contributed by atoms with van der Waals surface area (Å²) in [6, 6.07) is 15.7. The maximum Gasteiger partial charge on any atom is 0.134 e. The van der Waals surface area contributed by atoms with Crippen LogP contribution in [0.25, 0.3) is 22.9 Å². The number of benzene rings is 2. The number of hydrogen-bond acceptors (Lipinski definition) is 3. The Bertz CT molecular complexity index is 966. The summed E-state index contributed by atoms with van der Waals surface area (Å²) >= 11 is 13.6. The van der Waals surface area contributed by atoms with Gasteiger partial charge in [-0.15, -0.1) is 11.3 Å². The van der Waals surface area contributed by atoms with Gasteiger partial charge in [0.15, 0.2) is 0 Å². The van der Waals surface area contributed by atoms with Crippen LogP contribution in [0.5, 0.6) is 0 Å². The summed E-state index contributed by atoms with van der Waals surface area (Å²) in [5, 5.41) is 13.2. The highest BCUT2D eigenvalue weighted by atomic mass is 35.5. The largest absolute Gasteiger partial charge is 0.235 e. The van der Waals surface area contributed by atoms with Crippen molar-refractivity contribution >= 4 is 46.2 Å². The normalized spacial score (nSPS) is 11.4. The summed E-state index contributed by atoms with van der Waals surface area (Å²) in [6.07, 6.45) is 2.85. The summed E-state index contributed by atoms with van der Waals surface area (Å²) in [7, 11) is 0. The minimum atomic E-state index is 0.533. The lowest BCUT2D eigenvalue weighted by Crippen LogP contribution is -1.85. The molecule has 0 unspecified atom stereocenters. The van der Waals surface area contributed by atoms with E-state index in [1.165, 1.54) is 16.9 Å². The van der Waals surface area contributed by atoms with Crippen molar-refractivity contribution in [1.82, 2.24) is 4.98 Å². The lowest BCUT2D eigenvalue weighted by molar-refractivity contribution is 1.14. The summed E-state index contributed by atoms with van der Waals surface area (Å²) in [5.74, 6) is 0. The van der Waals surface area contributed by atoms with Gasteiger partial charge in [-0.2, -0.15) is 5.26 Å². The molecule has 0 radical (unpaired) electrons. The fraction of sp³-hybridized carbons (Fsp3) is 0.100. The second kappa shape index (κ2) is 7.84. The molecule has 0 N–H and O–H groups in total. The van der Waals surface area contributed by atoms with Gasteiger partial charge in [-0.25, -0.2) is 4.98 Å². The standard InChI is InChI=1S/C20H14Cl2N2S/c1-2-13-3-5-14(6-4-13)9-15(11-23)20-24-19(12-25-20)17-8-7-16(21)10-18(17)22/h3-10,12H,2H2,1H3. The molecule has 1 heterocycles. The zero-order valence-corrected chi connectivity index (χ0v) is 15.8. The predicted molar refractivity (Wildman–Crippen MR) is 107 cm³/mol. The number of aryl methyl sites for hydroxylation is 1. The van der Waals surface area contributed by atoms with Crippen LogP contribution in [0.1, 0.15) is 23.1 Å². The van der Waals surface area contributed by atoms with Gasteiger partial charge in [0.05, 0.1) is 16.3 Å². The van der Waals surface area contributed by atoms with Crippen LogP contribution >= 0.6 is 34.5 Å². The number of aromatic nitrogens is 1. The summed E-state index contributed by atoms with van der Waals surface area (Å²) in [4.78, 5) is 4.57. The highest BCUT2D eigenvalue weighted by Crippen LogP contribution is 2.33. The van der Waals surface area contributed by atoms with Crippen LogP contribution < -0.4 is 0 Å². The highest BCUT2D eigenvalue weighted by Gasteiger charge is 2.11. The Kier molecular flexibility index (Phi) is 5.55. The van der Waals surface area contributed by atoms with Gasteiger partial charge in [0.25, 0.3) is 0 Å². The Balaban J connectivity index is 1.93. The van der Waals surface area contributed by atoms with E-state index in [4.69, 9.17) is 23.2 Å². The van der Waals surface area contributed by atoms with E-state index in [2.05, 4.69) is 30.1 Å². The fourth-order valence-electron chi connectivity index (χ4n) is 2.38. The van der Waals surface area contributed by atoms with Crippen molar-refractivity contribution in [3.05, 3.63) is 74.0 Å². The first-order valence-electron chi connectivity index (χ1n) is 7.72. The molecule has 0 saturated carbocycles. The third kappa shape index (κ3) is 4.11. The maximum absolute atomic E-state index is 9.52. The third-order valence-electron chi connectivity index (χ3n) is 3.76. The Morgan fingerprint density at radius 3 is 2.60 bits per heavy atom. The molecule has 0 aliphatic carbocycles. The third-order valence-corrected chi connectivity index (χ3v) is 5.18. The van der Waals surface area contributed by atoms with E-state index in [0.717, 1.165) is 23.2 Å². The summed E-state index contributed by atoms with van der Waals surface area (Å²) in [6.45, 7) is 2.12. The van der Waals surface area contributed by atoms with Gasteiger partial charge in [-0.1, -0.05) is 54.4 Å². The van der Waals surface area contributed by atoms with E-state index < -0.39 is 0 Å². The number of nitrogens with zero attached hydrogens (tertiary/aromatic N) is 2. The molecule has 3 rings (SSSR count). The summed E-state index contributed by atoms with van der Waals surface area (Å²) in [5.41, 5.74) is 4.33. The Labute approximate surface area is 161 Å². The SMILES string of the molecule is CCc1ccc(C=C(C#N)c2nc(-c3ccc(Cl)cc3Cl)cs2)cc1. The molecule has 0 aliphatic rings. The van der Waals surface area contributed by atoms with Gasteiger partial charge in [0.2, 0.25) is 0 Å². The molecule has 0 aliphatic heterocycles. The van der Waals surface area contributed by atoms with Crippen LogP contribution in [-0.2, 0) is 6.42 Å². The molecule has 0 saturated heterocycles. The van der Waals surface area contributed by atoms with Gasteiger partial charge < -0.3 is 0 Å². The lowest BCUT2D eigenvalue weighted by atomic mass is 10.1. The van der Waals surface area contributed by atoms with E-state index >= 15 is 0 Å². The monoisotopic (exact) mass is 384 g/mol. The van der Waals surface area contributed by atoms with Crippen LogP contribution in [-0.4, -0.2) is 4.98 Å². The van der Waals surface area contributed by atoms with E-state index in [9.17, 15) is 5.26 Å². The Morgan fingerprint density at radius 1 is 1.20 bits per heavy atom. The summed E-state index contributed by atoms with van der Waals surface area (Å²) < 4.78 is 0. The van der Waals surface area contributed by atoms with E-state index in [1.54, 1.807) is 12.1 Å². The molecule has 1 aromatic heterocycles. The number of thiazole rings is 1. The molecule has 25 heavy (non-hydrogen) atoms. The van der Waals surface area contributed by atoms with E-state index in [0.29, 0.717) is 20.6 Å². The predicted octanol–water partition coefficient (Wildman–Crippen LogP) is 6.74. The average Bonchev–Trinajstić information content (AvgIpc) is 3.09. The van der Waals surface area contributed by atoms with Crippen molar-refractivity contribution in [2.24, 2.45) is 0 Å². The lowest BCUT2D eigenvalue weighted by Gasteiger charge is -2.01. The number of hydrogen-bond donors (Lipinski definition) is 0. The van der Waals surface area contributed by atoms with Gasteiger partial charge >= 0.3 is 0 Å². The smallest absolute Gasteiger partial charge is 0.134 e. The van der Waals surface area contributed by atoms with Crippen LogP contribution in [0.4, 0.5) is 0 Å². The number of allylic oxidation sites excluding steroid dienone is 1. The minimum absolute atomic E-state index is 0.533. The second-order valence-corrected chi connectivity index (χ2v) is 7.13. The van der Waals surface area contributed by atoms with Gasteiger partial charge in [-0.05, 0) is 41.8 Å². The fourth-order valence-corrected chi connectivity index (χ4v) is 3.67. The zero-order chi connectivity index (χ0) is 17.8. The van der Waals surface area contributed by atoms with Crippen molar-refractivity contribution in [2.45, 2.75) is 13.3 Å². The van der Waals surface area contributed by atoms with Gasteiger partial charge in [0.1, 0.15) is 11.1 Å². The van der Waals surface area contributed by atoms with Crippen molar-refractivity contribution in [3.8, 4) is 17.3 Å². The van der Waals surface area contributed by atoms with Crippen LogP contribution in [0.2, 0.25) is 10.0 Å². The molecule has 2 aromatic carbocycles. The minimum Gasteiger partial charge on any atom is -0.235 e. The molecular formula is C20H14Cl2N2S. The maximum atomic E-state index is 9.52. The number of rotatable bonds is 4. The topological polar surface area (TPSA) is 36.7 Å². The zero-order valence-electron chi connectivity index (χ0n) is 13.5. The second-order valence-electron chi connectivity index (χ2n) is 5.43. The van der Waals surface area contributed by atoms with E-state index in [1.807, 2.05) is 29.7 Å². The molecule has 0 fully saturated rings. The Hall–Kier alpha value is -2.12. The van der Waals surface area contributed by atoms with Crippen LogP contribution in [0.3, 0.4) is 0 Å². The molecule has 0 spiro atoms. The molecule has 0 atom stereocenters. The Morgan fingerprint density at radius 2 is 1.96 bits per heavy atom. The van der Waals surface area contributed by atoms with Crippen molar-refractivity contribution in [2.75, 3.05) is 0 Å². The van der Waals surface area contributed by atoms with Gasteiger partial charge in [-0.3, -0.25) is 0 Å². The molecule has 0 bridgehead atoms. The molecule has 2 nitrogen and oxygen atoms in total. The number of halogens is 2.